The summed E-state index contributed by atoms with van der Waals surface area (Å²) < 4.78 is 0. The zero-order valence-electron chi connectivity index (χ0n) is 9.26. The first-order valence-corrected chi connectivity index (χ1v) is 6.29. The third-order valence-corrected chi connectivity index (χ3v) is 3.68. The number of nitrogens with one attached hydrogen (secondary N) is 1. The lowest BCUT2D eigenvalue weighted by atomic mass is 9.98. The average Bonchev–Trinajstić information content (AvgIpc) is 2.77. The van der Waals surface area contributed by atoms with Gasteiger partial charge in [-0.25, -0.2) is 0 Å². The summed E-state index contributed by atoms with van der Waals surface area (Å²) in [5.74, 6) is 0. The maximum Gasteiger partial charge on any atom is 0.0563 e. The molecular weight excluding hydrogens is 241 g/mol. The molecule has 2 rings (SSSR count). The fourth-order valence-electron chi connectivity index (χ4n) is 2.26. The number of benzene rings is 1. The quantitative estimate of drug-likeness (QED) is 0.792. The first-order chi connectivity index (χ1) is 7.74. The molecule has 0 aliphatic heterocycles. The Kier molecular flexibility index (Phi) is 3.91. The van der Waals surface area contributed by atoms with Gasteiger partial charge in [0.15, 0.2) is 0 Å². The molecule has 0 heterocycles. The molecule has 1 N–H and O–H groups in total. The van der Waals surface area contributed by atoms with Gasteiger partial charge in [0, 0.05) is 15.6 Å². The summed E-state index contributed by atoms with van der Waals surface area (Å²) in [6, 6.07) is 5.82. The van der Waals surface area contributed by atoms with Crippen molar-refractivity contribution in [3.05, 3.63) is 45.5 Å². The van der Waals surface area contributed by atoms with Gasteiger partial charge in [-0.05, 0) is 38.4 Å². The molecule has 1 aromatic rings. The van der Waals surface area contributed by atoms with E-state index in [1.807, 2.05) is 25.2 Å². The predicted molar refractivity (Wildman–Crippen MR) is 70.2 cm³/mol. The molecule has 1 aliphatic carbocycles. The number of hydrogen-bond acceptors (Lipinski definition) is 1. The first-order valence-electron chi connectivity index (χ1n) is 5.54. The van der Waals surface area contributed by atoms with Crippen LogP contribution in [0.1, 0.15) is 30.9 Å². The van der Waals surface area contributed by atoms with Crippen LogP contribution in [0.5, 0.6) is 0 Å². The normalized spacial score (nSPS) is 17.3. The predicted octanol–water partition coefficient (Wildman–Crippen LogP) is 4.36. The highest BCUT2D eigenvalue weighted by Gasteiger charge is 2.21. The Morgan fingerprint density at radius 3 is 2.44 bits per heavy atom. The third-order valence-electron chi connectivity index (χ3n) is 3.02. The van der Waals surface area contributed by atoms with E-state index < -0.39 is 0 Å². The number of hydrogen-bond donors (Lipinski definition) is 1. The molecule has 1 nitrogen and oxygen atoms in total. The van der Waals surface area contributed by atoms with Gasteiger partial charge in [-0.15, -0.1) is 0 Å². The highest BCUT2D eigenvalue weighted by molar-refractivity contribution is 6.36. The molecule has 0 bridgehead atoms. The van der Waals surface area contributed by atoms with Gasteiger partial charge in [0.25, 0.3) is 0 Å². The van der Waals surface area contributed by atoms with Crippen molar-refractivity contribution in [2.45, 2.75) is 25.3 Å². The lowest BCUT2D eigenvalue weighted by Crippen LogP contribution is -2.18. The Labute approximate surface area is 106 Å². The summed E-state index contributed by atoms with van der Waals surface area (Å²) in [6.45, 7) is 0. The lowest BCUT2D eigenvalue weighted by Gasteiger charge is -2.20. The summed E-state index contributed by atoms with van der Waals surface area (Å²) in [7, 11) is 1.95. The smallest absolute Gasteiger partial charge is 0.0563 e. The van der Waals surface area contributed by atoms with Gasteiger partial charge in [0.2, 0.25) is 0 Å². The van der Waals surface area contributed by atoms with E-state index in [0.29, 0.717) is 0 Å². The molecule has 0 fully saturated rings. The minimum atomic E-state index is 0.156. The standard InChI is InChI=1S/C13H15Cl2N/c1-16-13(9-5-2-3-6-9)12-10(14)7-4-8-11(12)15/h4-5,7-8,13,16H,2-3,6H2,1H3. The van der Waals surface area contributed by atoms with Crippen LogP contribution in [0.15, 0.2) is 29.8 Å². The van der Waals surface area contributed by atoms with Gasteiger partial charge in [0.1, 0.15) is 0 Å². The summed E-state index contributed by atoms with van der Waals surface area (Å²) in [5, 5.41) is 4.78. The Hall–Kier alpha value is -0.500. The van der Waals surface area contributed by atoms with Crippen LogP contribution in [-0.4, -0.2) is 7.05 Å². The summed E-state index contributed by atoms with van der Waals surface area (Å²) in [4.78, 5) is 0. The molecule has 1 unspecified atom stereocenters. The van der Waals surface area contributed by atoms with Crippen molar-refractivity contribution in [2.24, 2.45) is 0 Å². The molecule has 1 aliphatic rings. The second-order valence-electron chi connectivity index (χ2n) is 4.03. The van der Waals surface area contributed by atoms with Crippen molar-refractivity contribution in [3.63, 3.8) is 0 Å². The molecule has 1 aromatic carbocycles. The van der Waals surface area contributed by atoms with E-state index in [9.17, 15) is 0 Å². The average molecular weight is 256 g/mol. The molecule has 0 saturated heterocycles. The highest BCUT2D eigenvalue weighted by atomic mass is 35.5. The molecule has 3 heteroatoms. The van der Waals surface area contributed by atoms with Crippen LogP contribution in [0.3, 0.4) is 0 Å². The van der Waals surface area contributed by atoms with Crippen molar-refractivity contribution in [2.75, 3.05) is 7.05 Å². The van der Waals surface area contributed by atoms with Crippen molar-refractivity contribution in [3.8, 4) is 0 Å². The van der Waals surface area contributed by atoms with E-state index in [4.69, 9.17) is 23.2 Å². The molecule has 0 aromatic heterocycles. The van der Waals surface area contributed by atoms with Crippen LogP contribution >= 0.6 is 23.2 Å². The van der Waals surface area contributed by atoms with Crippen LogP contribution in [0.2, 0.25) is 10.0 Å². The van der Waals surface area contributed by atoms with Crippen molar-refractivity contribution >= 4 is 23.2 Å². The molecule has 0 spiro atoms. The van der Waals surface area contributed by atoms with E-state index in [-0.39, 0.29) is 6.04 Å². The number of rotatable bonds is 3. The van der Waals surface area contributed by atoms with Crippen LogP contribution < -0.4 is 5.32 Å². The minimum absolute atomic E-state index is 0.156. The summed E-state index contributed by atoms with van der Waals surface area (Å²) in [5.41, 5.74) is 2.40. The van der Waals surface area contributed by atoms with Crippen molar-refractivity contribution in [1.82, 2.24) is 5.32 Å². The Bertz CT molecular complexity index is 392. The van der Waals surface area contributed by atoms with Gasteiger partial charge in [-0.1, -0.05) is 40.9 Å². The lowest BCUT2D eigenvalue weighted by molar-refractivity contribution is 0.656. The number of allylic oxidation sites excluding steroid dienone is 1. The molecule has 16 heavy (non-hydrogen) atoms. The highest BCUT2D eigenvalue weighted by Crippen LogP contribution is 2.37. The van der Waals surface area contributed by atoms with Crippen LogP contribution in [-0.2, 0) is 0 Å². The first kappa shape index (κ1) is 12.0. The summed E-state index contributed by atoms with van der Waals surface area (Å²) >= 11 is 12.5. The second-order valence-corrected chi connectivity index (χ2v) is 4.84. The zero-order chi connectivity index (χ0) is 11.5. The maximum absolute atomic E-state index is 6.23. The minimum Gasteiger partial charge on any atom is -0.310 e. The molecule has 1 atom stereocenters. The van der Waals surface area contributed by atoms with Gasteiger partial charge in [-0.2, -0.15) is 0 Å². The fraction of sp³-hybridized carbons (Fsp3) is 0.385. The van der Waals surface area contributed by atoms with Gasteiger partial charge >= 0.3 is 0 Å². The zero-order valence-corrected chi connectivity index (χ0v) is 10.8. The van der Waals surface area contributed by atoms with Gasteiger partial charge in [0.05, 0.1) is 6.04 Å². The second kappa shape index (κ2) is 5.22. The molecular formula is C13H15Cl2N. The Morgan fingerprint density at radius 2 is 1.94 bits per heavy atom. The maximum atomic E-state index is 6.23. The molecule has 86 valence electrons. The van der Waals surface area contributed by atoms with Crippen molar-refractivity contribution in [1.29, 1.82) is 0 Å². The van der Waals surface area contributed by atoms with E-state index in [1.54, 1.807) is 0 Å². The monoisotopic (exact) mass is 255 g/mol. The number of halogens is 2. The Balaban J connectivity index is 2.40. The van der Waals surface area contributed by atoms with Crippen LogP contribution in [0, 0.1) is 0 Å². The Morgan fingerprint density at radius 1 is 1.25 bits per heavy atom. The number of likely N-dealkylation sites (N-methyl/N-ethyl adjacent to an activating group) is 1. The van der Waals surface area contributed by atoms with E-state index in [2.05, 4.69) is 11.4 Å². The molecule has 0 radical (unpaired) electrons. The van der Waals surface area contributed by atoms with E-state index in [0.717, 1.165) is 28.5 Å². The van der Waals surface area contributed by atoms with Gasteiger partial charge in [-0.3, -0.25) is 0 Å². The van der Waals surface area contributed by atoms with Gasteiger partial charge < -0.3 is 5.32 Å². The summed E-state index contributed by atoms with van der Waals surface area (Å²) in [6.07, 6.45) is 5.82. The largest absolute Gasteiger partial charge is 0.310 e. The van der Waals surface area contributed by atoms with Crippen molar-refractivity contribution < 1.29 is 0 Å². The SMILES string of the molecule is CNC(C1=CCCC1)c1c(Cl)cccc1Cl. The fourth-order valence-corrected chi connectivity index (χ4v) is 2.88. The van der Waals surface area contributed by atoms with Crippen LogP contribution in [0.25, 0.3) is 0 Å². The molecule has 0 amide bonds. The van der Waals surface area contributed by atoms with E-state index >= 15 is 0 Å². The topological polar surface area (TPSA) is 12.0 Å². The van der Waals surface area contributed by atoms with E-state index in [1.165, 1.54) is 12.0 Å². The molecule has 0 saturated carbocycles. The third kappa shape index (κ3) is 2.27. The van der Waals surface area contributed by atoms with Crippen LogP contribution in [0.4, 0.5) is 0 Å².